The molecule has 1 aliphatic rings. The summed E-state index contributed by atoms with van der Waals surface area (Å²) in [4.78, 5) is 29.4. The molecule has 1 saturated heterocycles. The van der Waals surface area contributed by atoms with E-state index in [0.717, 1.165) is 11.3 Å². The molecule has 3 aromatic heterocycles. The van der Waals surface area contributed by atoms with Crippen molar-refractivity contribution in [3.8, 4) is 22.8 Å². The number of anilines is 2. The van der Waals surface area contributed by atoms with Crippen molar-refractivity contribution in [3.63, 3.8) is 0 Å². The summed E-state index contributed by atoms with van der Waals surface area (Å²) in [6.45, 7) is 10.9. The van der Waals surface area contributed by atoms with Crippen LogP contribution in [0.3, 0.4) is 0 Å². The van der Waals surface area contributed by atoms with Crippen LogP contribution in [0.2, 0.25) is 0 Å². The van der Waals surface area contributed by atoms with Crippen LogP contribution in [0.25, 0.3) is 22.4 Å². The molecular formula is C32H45N7O4S. The number of nitrogens with zero attached hydrogens (tertiary/aromatic N) is 6. The van der Waals surface area contributed by atoms with Gasteiger partial charge in [-0.1, -0.05) is 34.6 Å². The fourth-order valence-corrected chi connectivity index (χ4v) is 5.62. The topological polar surface area (TPSA) is 117 Å². The molecule has 0 radical (unpaired) electrons. The zero-order chi connectivity index (χ0) is 32.2. The molecular weight excluding hydrogens is 578 g/mol. The van der Waals surface area contributed by atoms with Crippen molar-refractivity contribution in [2.24, 2.45) is 7.05 Å². The van der Waals surface area contributed by atoms with Crippen LogP contribution in [0.4, 0.5) is 11.5 Å². The number of methoxy groups -OCH3 is 2. The van der Waals surface area contributed by atoms with E-state index in [2.05, 4.69) is 48.7 Å². The molecule has 0 aliphatic carbocycles. The third-order valence-corrected chi connectivity index (χ3v) is 11.4. The van der Waals surface area contributed by atoms with Gasteiger partial charge in [-0.15, -0.1) is 10.3 Å². The molecule has 0 saturated carbocycles. The van der Waals surface area contributed by atoms with E-state index in [4.69, 9.17) is 23.6 Å². The van der Waals surface area contributed by atoms with Crippen LogP contribution in [-0.2, 0) is 16.0 Å². The van der Waals surface area contributed by atoms with Gasteiger partial charge in [-0.3, -0.25) is 14.5 Å². The fraction of sp³-hybridized carbons (Fsp3) is 0.469. The molecule has 12 heteroatoms. The van der Waals surface area contributed by atoms with E-state index >= 15 is 0 Å². The Morgan fingerprint density at radius 2 is 1.73 bits per heavy atom. The van der Waals surface area contributed by atoms with Gasteiger partial charge in [0.05, 0.1) is 32.3 Å². The lowest BCUT2D eigenvalue weighted by atomic mass is 10.1. The fourth-order valence-electron chi connectivity index (χ4n) is 4.59. The first-order valence-corrected chi connectivity index (χ1v) is 17.1. The summed E-state index contributed by atoms with van der Waals surface area (Å²) < 4.78 is 19.3. The zero-order valence-electron chi connectivity index (χ0n) is 27.4. The number of carbonyl (C=O) groups excluding carboxylic acids is 1. The second-order valence-corrected chi connectivity index (χ2v) is 15.6. The lowest BCUT2D eigenvalue weighted by Crippen LogP contribution is -2.37. The minimum absolute atomic E-state index is 0.0563. The Labute approximate surface area is 261 Å². The standard InChI is InChI=1S/C30H39N7O4S.C2H6/c1-30(2,3)42(7,8)41-26-11-20(33-29(26)38)18-37(21-12-22(39-5)14-23(13-21)40-6)27-10-9-24-28(35-27)34-25(16-31-24)19-15-32-36(4)17-19;1-2/h9-10,12-17,20,26H,11,18H2,1-8H3,(H,33,38);1-2H3. The number of hydrogen-bond acceptors (Lipinski definition) is 9. The van der Waals surface area contributed by atoms with Crippen LogP contribution in [0.5, 0.6) is 11.5 Å². The second kappa shape index (κ2) is 13.4. The van der Waals surface area contributed by atoms with Crippen molar-refractivity contribution >= 4 is 38.9 Å². The molecule has 238 valence electrons. The summed E-state index contributed by atoms with van der Waals surface area (Å²) >= 11 is 0. The number of ether oxygens (including phenoxy) is 2. The summed E-state index contributed by atoms with van der Waals surface area (Å²) in [5, 5.41) is 7.40. The van der Waals surface area contributed by atoms with E-state index in [-0.39, 0.29) is 16.7 Å². The highest BCUT2D eigenvalue weighted by Gasteiger charge is 2.40. The van der Waals surface area contributed by atoms with Crippen molar-refractivity contribution in [1.29, 1.82) is 0 Å². The predicted octanol–water partition coefficient (Wildman–Crippen LogP) is 5.66. The Balaban J connectivity index is 0.00000216. The molecule has 1 N–H and O–H groups in total. The molecule has 2 unspecified atom stereocenters. The Morgan fingerprint density at radius 3 is 2.32 bits per heavy atom. The number of rotatable bonds is 9. The lowest BCUT2D eigenvalue weighted by molar-refractivity contribution is -0.124. The molecule has 0 spiro atoms. The number of carbonyl (C=O) groups is 1. The SMILES string of the molecule is CC.COc1cc(OC)cc(N(CC2CC(OS(C)(C)C(C)(C)C)C(=O)N2)c2ccc3ncc(-c4cnn(C)c4)nc3n2)c1. The quantitative estimate of drug-likeness (QED) is 0.252. The molecule has 1 fully saturated rings. The molecule has 2 atom stereocenters. The molecule has 11 nitrogen and oxygen atoms in total. The number of pyridine rings is 1. The van der Waals surface area contributed by atoms with Crippen molar-refractivity contribution in [2.75, 3.05) is 38.2 Å². The number of fused-ring (bicyclic) bond motifs is 1. The van der Waals surface area contributed by atoms with Crippen LogP contribution in [0.15, 0.2) is 48.9 Å². The maximum atomic E-state index is 13.1. The molecule has 4 heterocycles. The van der Waals surface area contributed by atoms with Crippen LogP contribution >= 0.6 is 10.3 Å². The number of amides is 1. The lowest BCUT2D eigenvalue weighted by Gasteiger charge is -2.44. The van der Waals surface area contributed by atoms with Crippen LogP contribution in [0, 0.1) is 0 Å². The third-order valence-electron chi connectivity index (χ3n) is 7.69. The van der Waals surface area contributed by atoms with E-state index in [0.29, 0.717) is 47.1 Å². The van der Waals surface area contributed by atoms with Gasteiger partial charge in [0.15, 0.2) is 11.8 Å². The maximum absolute atomic E-state index is 13.1. The number of aromatic nitrogens is 5. The summed E-state index contributed by atoms with van der Waals surface area (Å²) in [5.41, 5.74) is 3.51. The van der Waals surface area contributed by atoms with Crippen LogP contribution in [0.1, 0.15) is 41.0 Å². The van der Waals surface area contributed by atoms with Gasteiger partial charge in [0.2, 0.25) is 0 Å². The van der Waals surface area contributed by atoms with E-state index in [1.807, 2.05) is 62.3 Å². The van der Waals surface area contributed by atoms with Crippen molar-refractivity contribution < 1.29 is 18.5 Å². The minimum Gasteiger partial charge on any atom is -0.497 e. The summed E-state index contributed by atoms with van der Waals surface area (Å²) in [7, 11) is 3.61. The molecule has 5 rings (SSSR count). The highest BCUT2D eigenvalue weighted by molar-refractivity contribution is 8.29. The van der Waals surface area contributed by atoms with E-state index < -0.39 is 16.4 Å². The van der Waals surface area contributed by atoms with Gasteiger partial charge in [-0.2, -0.15) is 5.10 Å². The van der Waals surface area contributed by atoms with Crippen LogP contribution < -0.4 is 19.7 Å². The molecule has 1 aliphatic heterocycles. The van der Waals surface area contributed by atoms with Crippen molar-refractivity contribution in [3.05, 3.63) is 48.9 Å². The average Bonchev–Trinajstić information content (AvgIpc) is 3.59. The van der Waals surface area contributed by atoms with Crippen LogP contribution in [-0.4, -0.2) is 80.8 Å². The molecule has 4 aromatic rings. The van der Waals surface area contributed by atoms with Gasteiger partial charge in [0.25, 0.3) is 5.91 Å². The van der Waals surface area contributed by atoms with Gasteiger partial charge < -0.3 is 23.9 Å². The number of benzene rings is 1. The predicted molar refractivity (Wildman–Crippen MR) is 178 cm³/mol. The highest BCUT2D eigenvalue weighted by Crippen LogP contribution is 2.55. The Hall–Kier alpha value is -3.90. The number of hydrogen-bond donors (Lipinski definition) is 1. The normalized spacial score (nSPS) is 17.1. The largest absolute Gasteiger partial charge is 0.497 e. The smallest absolute Gasteiger partial charge is 0.250 e. The Kier molecular flexibility index (Phi) is 10.0. The first kappa shape index (κ1) is 33.0. The average molecular weight is 624 g/mol. The van der Waals surface area contributed by atoms with Gasteiger partial charge >= 0.3 is 0 Å². The Morgan fingerprint density at radius 1 is 1.05 bits per heavy atom. The molecule has 44 heavy (non-hydrogen) atoms. The number of aryl methyl sites for hydroxylation is 1. The van der Waals surface area contributed by atoms with Gasteiger partial charge in [-0.05, 0) is 24.6 Å². The minimum atomic E-state index is -1.48. The maximum Gasteiger partial charge on any atom is 0.250 e. The third kappa shape index (κ3) is 7.24. The van der Waals surface area contributed by atoms with Crippen molar-refractivity contribution in [2.45, 2.75) is 57.9 Å². The van der Waals surface area contributed by atoms with E-state index in [1.165, 1.54) is 0 Å². The summed E-state index contributed by atoms with van der Waals surface area (Å²) in [6.07, 6.45) is 9.61. The molecule has 1 amide bonds. The van der Waals surface area contributed by atoms with Gasteiger partial charge in [-0.25, -0.2) is 9.97 Å². The second-order valence-electron chi connectivity index (χ2n) is 11.7. The van der Waals surface area contributed by atoms with E-state index in [1.54, 1.807) is 31.3 Å². The molecule has 0 bridgehead atoms. The molecule has 1 aromatic carbocycles. The van der Waals surface area contributed by atoms with E-state index in [9.17, 15) is 4.79 Å². The highest BCUT2D eigenvalue weighted by atomic mass is 32.3. The Bertz CT molecular complexity index is 1580. The van der Waals surface area contributed by atoms with Gasteiger partial charge in [0, 0.05) is 66.4 Å². The summed E-state index contributed by atoms with van der Waals surface area (Å²) in [6, 6.07) is 9.29. The number of nitrogens with one attached hydrogen (secondary N) is 1. The zero-order valence-corrected chi connectivity index (χ0v) is 28.2. The first-order valence-electron chi connectivity index (χ1n) is 14.7. The first-order chi connectivity index (χ1) is 20.9. The van der Waals surface area contributed by atoms with Crippen molar-refractivity contribution in [1.82, 2.24) is 30.0 Å². The monoisotopic (exact) mass is 623 g/mol. The van der Waals surface area contributed by atoms with Gasteiger partial charge in [0.1, 0.15) is 22.8 Å². The summed E-state index contributed by atoms with van der Waals surface area (Å²) in [5.74, 6) is 1.84.